The highest BCUT2D eigenvalue weighted by molar-refractivity contribution is 7.10. The molecule has 0 bridgehead atoms. The van der Waals surface area contributed by atoms with E-state index in [1.807, 2.05) is 24.4 Å². The first-order valence-electron chi connectivity index (χ1n) is 13.8. The maximum atomic E-state index is 14.5. The van der Waals surface area contributed by atoms with Crippen LogP contribution in [0.25, 0.3) is 0 Å². The van der Waals surface area contributed by atoms with Gasteiger partial charge in [-0.25, -0.2) is 4.79 Å². The molecule has 0 fully saturated rings. The Balaban J connectivity index is 2.00. The van der Waals surface area contributed by atoms with Crippen molar-refractivity contribution in [3.8, 4) is 17.2 Å². The lowest BCUT2D eigenvalue weighted by Gasteiger charge is -2.39. The molecule has 3 atom stereocenters. The number of ether oxygens (including phenoxy) is 5. The molecule has 0 amide bonds. The van der Waals surface area contributed by atoms with Gasteiger partial charge in [-0.1, -0.05) is 19.4 Å². The van der Waals surface area contributed by atoms with Crippen LogP contribution in [0.1, 0.15) is 62.3 Å². The molecule has 2 aliphatic rings. The van der Waals surface area contributed by atoms with Crippen LogP contribution in [0.3, 0.4) is 0 Å². The van der Waals surface area contributed by atoms with Crippen LogP contribution in [0.2, 0.25) is 0 Å². The molecule has 1 aromatic carbocycles. The number of esters is 2. The first-order valence-corrected chi connectivity index (χ1v) is 14.7. The highest BCUT2D eigenvalue weighted by atomic mass is 32.1. The second-order valence-electron chi connectivity index (χ2n) is 9.69. The van der Waals surface area contributed by atoms with Crippen LogP contribution in [-0.4, -0.2) is 52.3 Å². The summed E-state index contributed by atoms with van der Waals surface area (Å²) in [6, 6.07) is 7.32. The first-order chi connectivity index (χ1) is 19.8. The zero-order valence-electron chi connectivity index (χ0n) is 24.3. The molecule has 4 rings (SSSR count). The minimum Gasteiger partial charge on any atom is -0.493 e. The predicted molar refractivity (Wildman–Crippen MR) is 154 cm³/mol. The molecule has 1 N–H and O–H groups in total. The van der Waals surface area contributed by atoms with Gasteiger partial charge in [0.1, 0.15) is 5.92 Å². The predicted octanol–water partition coefficient (Wildman–Crippen LogP) is 5.27. The highest BCUT2D eigenvalue weighted by Crippen LogP contribution is 2.51. The number of dihydropyridines is 1. The fourth-order valence-corrected chi connectivity index (χ4v) is 6.58. The Morgan fingerprint density at radius 1 is 1.00 bits per heavy atom. The third kappa shape index (κ3) is 5.70. The molecular weight excluding hydrogens is 546 g/mol. The second kappa shape index (κ2) is 13.2. The molecule has 0 saturated carbocycles. The number of carbonyl (C=O) groups is 3. The van der Waals surface area contributed by atoms with E-state index in [9.17, 15) is 14.4 Å². The van der Waals surface area contributed by atoms with Crippen molar-refractivity contribution in [3.63, 3.8) is 0 Å². The van der Waals surface area contributed by atoms with E-state index in [1.165, 1.54) is 32.7 Å². The van der Waals surface area contributed by atoms with Crippen LogP contribution in [0, 0.1) is 5.92 Å². The molecule has 0 radical (unpaired) electrons. The monoisotopic (exact) mass is 583 g/mol. The van der Waals surface area contributed by atoms with Crippen molar-refractivity contribution in [2.75, 3.05) is 34.5 Å². The molecule has 2 aromatic rings. The molecule has 1 aromatic heterocycles. The number of hydrogen-bond donors (Lipinski definition) is 1. The van der Waals surface area contributed by atoms with Crippen molar-refractivity contribution < 1.29 is 38.1 Å². The van der Waals surface area contributed by atoms with Gasteiger partial charge in [0.05, 0.1) is 40.1 Å². The minimum atomic E-state index is -1.06. The molecule has 220 valence electrons. The van der Waals surface area contributed by atoms with E-state index in [-0.39, 0.29) is 19.0 Å². The summed E-state index contributed by atoms with van der Waals surface area (Å²) in [5, 5.41) is 5.37. The van der Waals surface area contributed by atoms with Gasteiger partial charge in [-0.15, -0.1) is 11.3 Å². The summed E-state index contributed by atoms with van der Waals surface area (Å²) in [5.41, 5.74) is 2.62. The average molecular weight is 584 g/mol. The fourth-order valence-electron chi connectivity index (χ4n) is 5.72. The van der Waals surface area contributed by atoms with Crippen molar-refractivity contribution >= 4 is 29.1 Å². The molecule has 41 heavy (non-hydrogen) atoms. The van der Waals surface area contributed by atoms with Gasteiger partial charge in [0.2, 0.25) is 5.75 Å². The number of rotatable bonds is 11. The Labute approximate surface area is 244 Å². The number of thiophene rings is 1. The van der Waals surface area contributed by atoms with Crippen LogP contribution in [-0.2, 0) is 23.9 Å². The van der Waals surface area contributed by atoms with E-state index in [2.05, 4.69) is 5.32 Å². The topological polar surface area (TPSA) is 109 Å². The number of hydrogen-bond acceptors (Lipinski definition) is 10. The number of carbonyl (C=O) groups excluding carboxylic acids is 3. The van der Waals surface area contributed by atoms with Crippen LogP contribution in [0.4, 0.5) is 0 Å². The molecular formula is C31H37NO8S. The van der Waals surface area contributed by atoms with E-state index in [4.69, 9.17) is 23.7 Å². The lowest BCUT2D eigenvalue weighted by Crippen LogP contribution is -2.43. The summed E-state index contributed by atoms with van der Waals surface area (Å²) in [5.74, 6) is -2.65. The van der Waals surface area contributed by atoms with Crippen molar-refractivity contribution in [1.82, 2.24) is 5.32 Å². The Morgan fingerprint density at radius 3 is 2.22 bits per heavy atom. The molecule has 1 aliphatic heterocycles. The highest BCUT2D eigenvalue weighted by Gasteiger charge is 2.50. The Kier molecular flexibility index (Phi) is 9.75. The third-order valence-corrected chi connectivity index (χ3v) is 8.37. The van der Waals surface area contributed by atoms with Gasteiger partial charge >= 0.3 is 11.9 Å². The van der Waals surface area contributed by atoms with E-state index >= 15 is 0 Å². The molecule has 0 spiro atoms. The Morgan fingerprint density at radius 2 is 1.68 bits per heavy atom. The summed E-state index contributed by atoms with van der Waals surface area (Å²) in [6.45, 7) is 5.79. The van der Waals surface area contributed by atoms with Gasteiger partial charge in [0.15, 0.2) is 17.3 Å². The van der Waals surface area contributed by atoms with Crippen molar-refractivity contribution in [3.05, 3.63) is 62.6 Å². The van der Waals surface area contributed by atoms with Crippen LogP contribution in [0.15, 0.2) is 52.2 Å². The standard InChI is InChI=1S/C31H37NO8S/c1-7-11-19-27(31(35)40-9-3)24(17-14-21(36-4)29(38-6)22(15-17)37-5)26-20(32-19)16-18(23-12-10-13-41-23)25(28(26)33)30(34)39-8-2/h10,12-15,18,24-25,32H,7-9,11,16H2,1-6H3. The molecule has 3 unspecified atom stereocenters. The lowest BCUT2D eigenvalue weighted by molar-refractivity contribution is -0.152. The molecule has 0 saturated heterocycles. The summed E-state index contributed by atoms with van der Waals surface area (Å²) in [6.07, 6.45) is 1.71. The quantitative estimate of drug-likeness (QED) is 0.280. The summed E-state index contributed by atoms with van der Waals surface area (Å²) in [4.78, 5) is 42.4. The van der Waals surface area contributed by atoms with Gasteiger partial charge < -0.3 is 29.0 Å². The average Bonchev–Trinajstić information content (AvgIpc) is 3.51. The molecule has 10 heteroatoms. The van der Waals surface area contributed by atoms with E-state index in [0.717, 1.165) is 11.3 Å². The SMILES string of the molecule is CCCC1=C(C(=O)OCC)C(c2cc(OC)c(OC)c(OC)c2)C2=C(CC(c3cccs3)C(C(=O)OCC)C2=O)N1. The number of ketones is 1. The van der Waals surface area contributed by atoms with E-state index < -0.39 is 29.7 Å². The number of nitrogens with one attached hydrogen (secondary N) is 1. The third-order valence-electron chi connectivity index (χ3n) is 7.37. The Bertz CT molecular complexity index is 1340. The maximum absolute atomic E-state index is 14.5. The number of Topliss-reactive ketones (excluding diaryl/α,β-unsaturated/α-hetero) is 1. The van der Waals surface area contributed by atoms with Crippen molar-refractivity contribution in [2.24, 2.45) is 5.92 Å². The second-order valence-corrected chi connectivity index (χ2v) is 10.7. The smallest absolute Gasteiger partial charge is 0.336 e. The van der Waals surface area contributed by atoms with Crippen molar-refractivity contribution in [2.45, 2.75) is 51.9 Å². The summed E-state index contributed by atoms with van der Waals surface area (Å²) in [7, 11) is 4.52. The van der Waals surface area contributed by atoms with Gasteiger partial charge in [0, 0.05) is 33.7 Å². The van der Waals surface area contributed by atoms with Gasteiger partial charge in [0.25, 0.3) is 0 Å². The first kappa shape index (κ1) is 30.2. The van der Waals surface area contributed by atoms with Crippen LogP contribution in [0.5, 0.6) is 17.2 Å². The maximum Gasteiger partial charge on any atom is 0.336 e. The molecule has 9 nitrogen and oxygen atoms in total. The van der Waals surface area contributed by atoms with E-state index in [1.54, 1.807) is 26.0 Å². The van der Waals surface area contributed by atoms with Crippen LogP contribution >= 0.6 is 11.3 Å². The van der Waals surface area contributed by atoms with Crippen LogP contribution < -0.4 is 19.5 Å². The lowest BCUT2D eigenvalue weighted by atomic mass is 9.68. The number of allylic oxidation sites excluding steroid dienone is 3. The van der Waals surface area contributed by atoms with Gasteiger partial charge in [-0.05, 0) is 55.8 Å². The van der Waals surface area contributed by atoms with Crippen molar-refractivity contribution in [1.29, 1.82) is 0 Å². The van der Waals surface area contributed by atoms with Gasteiger partial charge in [-0.2, -0.15) is 0 Å². The normalized spacial score (nSPS) is 20.2. The largest absolute Gasteiger partial charge is 0.493 e. The minimum absolute atomic E-state index is 0.148. The molecule has 1 aliphatic carbocycles. The van der Waals surface area contributed by atoms with Gasteiger partial charge in [-0.3, -0.25) is 9.59 Å². The zero-order valence-corrected chi connectivity index (χ0v) is 25.1. The summed E-state index contributed by atoms with van der Waals surface area (Å²) < 4.78 is 27.7. The number of benzene rings is 1. The Hall–Kier alpha value is -3.79. The fraction of sp³-hybridized carbons (Fsp3) is 0.452. The zero-order chi connectivity index (χ0) is 29.7. The number of methoxy groups -OCH3 is 3. The van der Waals surface area contributed by atoms with E-state index in [0.29, 0.717) is 58.2 Å². The molecule has 2 heterocycles. The summed E-state index contributed by atoms with van der Waals surface area (Å²) >= 11 is 1.50.